The molecule has 1 aliphatic heterocycles. The summed E-state index contributed by atoms with van der Waals surface area (Å²) >= 11 is 0. The second-order valence-corrected chi connectivity index (χ2v) is 2.65. The molecule has 5 N–H and O–H groups in total. The van der Waals surface area contributed by atoms with E-state index in [2.05, 4.69) is 4.74 Å². The molecule has 1 heterocycles. The monoisotopic (exact) mass is 179 g/mol. The van der Waals surface area contributed by atoms with Gasteiger partial charge in [0.2, 0.25) is 5.79 Å². The van der Waals surface area contributed by atoms with Crippen LogP contribution >= 0.6 is 0 Å². The molecule has 1 unspecified atom stereocenters. The van der Waals surface area contributed by atoms with E-state index in [0.29, 0.717) is 0 Å². The molecule has 71 valence electrons. The molecule has 0 aliphatic carbocycles. The first-order chi connectivity index (χ1) is 5.51. The van der Waals surface area contributed by atoms with Crippen molar-refractivity contribution in [1.29, 1.82) is 0 Å². The topological polar surface area (TPSA) is 110 Å². The minimum atomic E-state index is -2.25. The summed E-state index contributed by atoms with van der Waals surface area (Å²) in [6.07, 6.45) is -3.74. The van der Waals surface area contributed by atoms with Gasteiger partial charge in [-0.25, -0.2) is 0 Å². The smallest absolute Gasteiger partial charge is 0.225 e. The fourth-order valence-electron chi connectivity index (χ4n) is 0.928. The zero-order chi connectivity index (χ0) is 9.35. The molecule has 0 aromatic carbocycles. The first-order valence-electron chi connectivity index (χ1n) is 3.41. The van der Waals surface area contributed by atoms with Gasteiger partial charge in [0.1, 0.15) is 18.8 Å². The minimum absolute atomic E-state index is 0.345. The van der Waals surface area contributed by atoms with Gasteiger partial charge in [0, 0.05) is 0 Å². The summed E-state index contributed by atoms with van der Waals surface area (Å²) in [5.74, 6) is -2.25. The average Bonchev–Trinajstić information content (AvgIpc) is 2.09. The first-order valence-corrected chi connectivity index (χ1v) is 3.41. The average molecular weight is 179 g/mol. The lowest BCUT2D eigenvalue weighted by Crippen LogP contribution is -2.57. The van der Waals surface area contributed by atoms with Crippen LogP contribution in [-0.4, -0.2) is 56.7 Å². The van der Waals surface area contributed by atoms with Crippen molar-refractivity contribution in [3.8, 4) is 0 Å². The Bertz CT molecular complexity index is 162. The molecule has 1 fully saturated rings. The highest BCUT2D eigenvalue weighted by molar-refractivity contribution is 5.05. The summed E-state index contributed by atoms with van der Waals surface area (Å²) in [5.41, 5.74) is 0. The molecule has 3 atom stereocenters. The zero-order valence-electron chi connectivity index (χ0n) is 6.21. The van der Waals surface area contributed by atoms with E-state index in [9.17, 15) is 5.11 Å². The number of rotatable bonds is 1. The van der Waals surface area contributed by atoms with Crippen LogP contribution in [-0.2, 0) is 4.74 Å². The lowest BCUT2D eigenvalue weighted by molar-refractivity contribution is -0.292. The van der Waals surface area contributed by atoms with Gasteiger partial charge in [-0.1, -0.05) is 0 Å². The number of aliphatic hydroxyl groups is 5. The second-order valence-electron chi connectivity index (χ2n) is 2.65. The maximum atomic E-state index is 9.21. The third kappa shape index (κ3) is 1.45. The molecule has 12 heavy (non-hydrogen) atoms. The highest BCUT2D eigenvalue weighted by Crippen LogP contribution is 2.28. The van der Waals surface area contributed by atoms with E-state index < -0.39 is 30.7 Å². The Morgan fingerprint density at radius 1 is 1.50 bits per heavy atom. The van der Waals surface area contributed by atoms with E-state index in [1.54, 1.807) is 0 Å². The van der Waals surface area contributed by atoms with E-state index in [-0.39, 0.29) is 6.61 Å². The van der Waals surface area contributed by atoms with Crippen LogP contribution in [0.3, 0.4) is 0 Å². The molecule has 1 rings (SSSR count). The van der Waals surface area contributed by atoms with E-state index in [4.69, 9.17) is 20.4 Å². The van der Waals surface area contributed by atoms with Gasteiger partial charge in [0.05, 0.1) is 6.61 Å². The van der Waals surface area contributed by atoms with Gasteiger partial charge >= 0.3 is 0 Å². The van der Waals surface area contributed by atoms with Gasteiger partial charge in [0.25, 0.3) is 0 Å². The van der Waals surface area contributed by atoms with Gasteiger partial charge < -0.3 is 30.3 Å². The summed E-state index contributed by atoms with van der Waals surface area (Å²) in [6.45, 7) is -1.22. The Hall–Kier alpha value is -0.240. The molecule has 0 saturated carbocycles. The van der Waals surface area contributed by atoms with Crippen LogP contribution < -0.4 is 0 Å². The van der Waals surface area contributed by atoms with Crippen LogP contribution in [0.15, 0.2) is 0 Å². The molecule has 0 aromatic rings. The molecule has 1 radical (unpaired) electrons. The van der Waals surface area contributed by atoms with Gasteiger partial charge in [-0.15, -0.1) is 0 Å². The molecule has 6 nitrogen and oxygen atoms in total. The van der Waals surface area contributed by atoms with Crippen molar-refractivity contribution >= 4 is 0 Å². The summed E-state index contributed by atoms with van der Waals surface area (Å²) in [5, 5.41) is 44.8. The quantitative estimate of drug-likeness (QED) is 0.300. The number of aliphatic hydroxyl groups excluding tert-OH is 4. The molecular formula is C6H11O6. The maximum Gasteiger partial charge on any atom is 0.225 e. The predicted molar refractivity (Wildman–Crippen MR) is 35.2 cm³/mol. The third-order valence-electron chi connectivity index (χ3n) is 1.75. The Morgan fingerprint density at radius 2 is 2.08 bits per heavy atom. The Kier molecular flexibility index (Phi) is 2.67. The predicted octanol–water partition coefficient (Wildman–Crippen LogP) is -2.68. The van der Waals surface area contributed by atoms with Crippen LogP contribution in [0.2, 0.25) is 0 Å². The first kappa shape index (κ1) is 9.85. The van der Waals surface area contributed by atoms with Crippen LogP contribution in [0, 0.1) is 6.10 Å². The Morgan fingerprint density at radius 3 is 2.58 bits per heavy atom. The van der Waals surface area contributed by atoms with Gasteiger partial charge in [-0.05, 0) is 0 Å². The lowest BCUT2D eigenvalue weighted by Gasteiger charge is -2.39. The zero-order valence-corrected chi connectivity index (χ0v) is 6.21. The SMILES string of the molecule is OCC1(O)OC[C@@H](O)[C@@H](O)[C]1O. The fraction of sp³-hybridized carbons (Fsp3) is 0.833. The molecule has 0 aromatic heterocycles. The van der Waals surface area contributed by atoms with Crippen LogP contribution in [0.1, 0.15) is 0 Å². The standard InChI is InChI=1S/C6H11O6/c7-2-6(11)5(10)4(9)3(8)1-12-6/h3-4,7-11H,1-2H2/t3-,4-,6?/m1/s1. The molecule has 0 spiro atoms. The van der Waals surface area contributed by atoms with Crippen molar-refractivity contribution in [2.24, 2.45) is 0 Å². The second kappa shape index (κ2) is 3.25. The van der Waals surface area contributed by atoms with Gasteiger partial charge in [0.15, 0.2) is 6.10 Å². The van der Waals surface area contributed by atoms with Crippen LogP contribution in [0.4, 0.5) is 0 Å². The lowest BCUT2D eigenvalue weighted by atomic mass is 9.98. The molecule has 6 heteroatoms. The molecular weight excluding hydrogens is 168 g/mol. The summed E-state index contributed by atoms with van der Waals surface area (Å²) in [7, 11) is 0. The Labute approximate surface area is 68.6 Å². The number of ether oxygens (including phenoxy) is 1. The summed E-state index contributed by atoms with van der Waals surface area (Å²) in [4.78, 5) is 0. The highest BCUT2D eigenvalue weighted by Gasteiger charge is 2.49. The largest absolute Gasteiger partial charge is 0.391 e. The highest BCUT2D eigenvalue weighted by atomic mass is 16.7. The van der Waals surface area contributed by atoms with Crippen molar-refractivity contribution in [2.75, 3.05) is 13.2 Å². The fourth-order valence-corrected chi connectivity index (χ4v) is 0.928. The van der Waals surface area contributed by atoms with Gasteiger partial charge in [-0.3, -0.25) is 0 Å². The third-order valence-corrected chi connectivity index (χ3v) is 1.75. The maximum absolute atomic E-state index is 9.21. The molecule has 1 saturated heterocycles. The van der Waals surface area contributed by atoms with Crippen molar-refractivity contribution in [2.45, 2.75) is 18.0 Å². The minimum Gasteiger partial charge on any atom is -0.391 e. The van der Waals surface area contributed by atoms with Crippen molar-refractivity contribution in [3.05, 3.63) is 6.10 Å². The Balaban J connectivity index is 2.71. The van der Waals surface area contributed by atoms with Gasteiger partial charge in [-0.2, -0.15) is 0 Å². The van der Waals surface area contributed by atoms with E-state index in [0.717, 1.165) is 0 Å². The summed E-state index contributed by atoms with van der Waals surface area (Å²) < 4.78 is 4.52. The molecule has 1 aliphatic rings. The van der Waals surface area contributed by atoms with Crippen molar-refractivity contribution in [3.63, 3.8) is 0 Å². The van der Waals surface area contributed by atoms with Crippen LogP contribution in [0.5, 0.6) is 0 Å². The number of hydrogen-bond donors (Lipinski definition) is 5. The van der Waals surface area contributed by atoms with Crippen molar-refractivity contribution in [1.82, 2.24) is 0 Å². The number of hydrogen-bond acceptors (Lipinski definition) is 6. The molecule has 0 amide bonds. The summed E-state index contributed by atoms with van der Waals surface area (Å²) in [6, 6.07) is 0. The van der Waals surface area contributed by atoms with E-state index in [1.807, 2.05) is 0 Å². The van der Waals surface area contributed by atoms with E-state index in [1.165, 1.54) is 0 Å². The molecule has 0 bridgehead atoms. The van der Waals surface area contributed by atoms with Crippen molar-refractivity contribution < 1.29 is 30.3 Å². The normalized spacial score (nSPS) is 44.8. The van der Waals surface area contributed by atoms with E-state index >= 15 is 0 Å². The van der Waals surface area contributed by atoms with Crippen LogP contribution in [0.25, 0.3) is 0 Å².